The molecule has 200 valence electrons. The minimum Gasteiger partial charge on any atom is -0.393 e. The molecule has 0 unspecified atom stereocenters. The molecular weight excluding hydrogens is 440 g/mol. The molecule has 5 heteroatoms. The molecule has 0 radical (unpaired) electrons. The van der Waals surface area contributed by atoms with E-state index >= 15 is 0 Å². The van der Waals surface area contributed by atoms with Crippen molar-refractivity contribution in [3.05, 3.63) is 11.6 Å². The zero-order chi connectivity index (χ0) is 25.8. The summed E-state index contributed by atoms with van der Waals surface area (Å²) in [6.45, 7) is 15.9. The Morgan fingerprint density at radius 1 is 0.829 bits per heavy atom. The van der Waals surface area contributed by atoms with Crippen molar-refractivity contribution in [2.45, 2.75) is 123 Å². The normalized spacial score (nSPS) is 55.2. The third kappa shape index (κ3) is 3.44. The fourth-order valence-electron chi connectivity index (χ4n) is 10.4. The number of fused-ring (bicyclic) bond motifs is 5. The third-order valence-electron chi connectivity index (χ3n) is 12.6. The number of hydrogen-bond donors (Lipinski definition) is 4. The maximum absolute atomic E-state index is 11.9. The average Bonchev–Trinajstić information content (AvgIpc) is 3.09. The summed E-state index contributed by atoms with van der Waals surface area (Å²) in [5.74, 6) is 1.22. The highest BCUT2D eigenvalue weighted by molar-refractivity contribution is 5.36. The van der Waals surface area contributed by atoms with Crippen LogP contribution in [0.1, 0.15) is 93.4 Å². The van der Waals surface area contributed by atoms with Crippen molar-refractivity contribution in [1.82, 2.24) is 0 Å². The lowest BCUT2D eigenvalue weighted by Crippen LogP contribution is -2.65. The van der Waals surface area contributed by atoms with Crippen molar-refractivity contribution < 1.29 is 25.2 Å². The van der Waals surface area contributed by atoms with Gasteiger partial charge in [-0.15, -0.1) is 0 Å². The molecule has 0 spiro atoms. The number of ether oxygens (including phenoxy) is 1. The molecule has 1 aliphatic heterocycles. The minimum absolute atomic E-state index is 0.0354. The van der Waals surface area contributed by atoms with Gasteiger partial charge in [-0.05, 0) is 98.7 Å². The summed E-state index contributed by atoms with van der Waals surface area (Å²) >= 11 is 0. The average molecular weight is 491 g/mol. The van der Waals surface area contributed by atoms with E-state index in [1.54, 1.807) is 0 Å². The second-order valence-electron chi connectivity index (χ2n) is 14.9. The van der Waals surface area contributed by atoms with Gasteiger partial charge < -0.3 is 25.2 Å². The summed E-state index contributed by atoms with van der Waals surface area (Å²) in [7, 11) is 0. The molecule has 1 saturated heterocycles. The summed E-state index contributed by atoms with van der Waals surface area (Å²) in [6.07, 6.45) is 6.33. The molecule has 0 bridgehead atoms. The van der Waals surface area contributed by atoms with Gasteiger partial charge in [0.25, 0.3) is 0 Å². The number of hydrogen-bond acceptors (Lipinski definition) is 5. The molecule has 11 atom stereocenters. The van der Waals surface area contributed by atoms with Gasteiger partial charge in [-0.2, -0.15) is 0 Å². The van der Waals surface area contributed by atoms with Gasteiger partial charge in [-0.25, -0.2) is 0 Å². The molecule has 0 aromatic rings. The maximum atomic E-state index is 11.9. The molecule has 5 rings (SSSR count). The van der Waals surface area contributed by atoms with E-state index in [1.807, 2.05) is 13.8 Å². The van der Waals surface area contributed by atoms with Crippen LogP contribution in [-0.2, 0) is 4.74 Å². The van der Waals surface area contributed by atoms with Crippen LogP contribution in [0.3, 0.4) is 0 Å². The molecule has 5 aliphatic rings. The zero-order valence-corrected chi connectivity index (χ0v) is 23.1. The minimum atomic E-state index is -0.885. The van der Waals surface area contributed by atoms with E-state index in [-0.39, 0.29) is 33.7 Å². The van der Waals surface area contributed by atoms with Crippen molar-refractivity contribution in [2.75, 3.05) is 6.61 Å². The van der Waals surface area contributed by atoms with Crippen LogP contribution in [-0.4, -0.2) is 57.0 Å². The van der Waals surface area contributed by atoms with Crippen molar-refractivity contribution >= 4 is 0 Å². The van der Waals surface area contributed by atoms with Gasteiger partial charge in [0.2, 0.25) is 0 Å². The van der Waals surface area contributed by atoms with Crippen LogP contribution in [0.15, 0.2) is 11.6 Å². The molecule has 0 amide bonds. The van der Waals surface area contributed by atoms with Crippen LogP contribution in [0.25, 0.3) is 0 Å². The molecular formula is C30H50O5. The van der Waals surface area contributed by atoms with Crippen LogP contribution in [0, 0.1) is 45.3 Å². The molecule has 5 nitrogen and oxygen atoms in total. The second kappa shape index (κ2) is 8.02. The van der Waals surface area contributed by atoms with E-state index in [1.165, 1.54) is 5.57 Å². The summed E-state index contributed by atoms with van der Waals surface area (Å²) < 4.78 is 6.19. The van der Waals surface area contributed by atoms with Gasteiger partial charge in [0.1, 0.15) is 6.10 Å². The highest BCUT2D eigenvalue weighted by Gasteiger charge is 2.68. The van der Waals surface area contributed by atoms with E-state index in [4.69, 9.17) is 4.74 Å². The van der Waals surface area contributed by atoms with E-state index in [9.17, 15) is 20.4 Å². The summed E-state index contributed by atoms with van der Waals surface area (Å²) in [5.41, 5.74) is 0.285. The molecule has 4 fully saturated rings. The van der Waals surface area contributed by atoms with Crippen LogP contribution >= 0.6 is 0 Å². The predicted molar refractivity (Wildman–Crippen MR) is 137 cm³/mol. The number of rotatable bonds is 1. The van der Waals surface area contributed by atoms with Gasteiger partial charge in [0, 0.05) is 5.41 Å². The maximum Gasteiger partial charge on any atom is 0.108 e. The van der Waals surface area contributed by atoms with Crippen molar-refractivity contribution in [3.8, 4) is 0 Å². The van der Waals surface area contributed by atoms with Crippen molar-refractivity contribution in [2.24, 2.45) is 45.3 Å². The fraction of sp³-hybridized carbons (Fsp3) is 0.933. The highest BCUT2D eigenvalue weighted by atomic mass is 16.5. The Balaban J connectivity index is 1.47. The predicted octanol–water partition coefficient (Wildman–Crippen LogP) is 4.46. The first-order valence-electron chi connectivity index (χ1n) is 14.2. The van der Waals surface area contributed by atoms with E-state index in [0.29, 0.717) is 30.8 Å². The Kier molecular flexibility index (Phi) is 6.00. The Labute approximate surface area is 212 Å². The molecule has 0 aromatic heterocycles. The van der Waals surface area contributed by atoms with Crippen LogP contribution < -0.4 is 0 Å². The summed E-state index contributed by atoms with van der Waals surface area (Å²) in [4.78, 5) is 0. The summed E-state index contributed by atoms with van der Waals surface area (Å²) in [5, 5.41) is 44.2. The third-order valence-corrected chi connectivity index (χ3v) is 12.6. The summed E-state index contributed by atoms with van der Waals surface area (Å²) in [6, 6.07) is 0. The monoisotopic (exact) mass is 490 g/mol. The molecule has 35 heavy (non-hydrogen) atoms. The SMILES string of the molecule is CC1(C)OC[C@H]([C@@H]2CC=C3[C@]4(C)[C@H](O)C[C@H]5C(C)(C)[C@H](O)CC[C@]5(C)[C@H]4CC[C@]32C)C[C@@H](O)[C@@H]1O. The van der Waals surface area contributed by atoms with Crippen LogP contribution in [0.2, 0.25) is 0 Å². The smallest absolute Gasteiger partial charge is 0.108 e. The number of aliphatic hydroxyl groups excluding tert-OH is 4. The Morgan fingerprint density at radius 2 is 1.51 bits per heavy atom. The largest absolute Gasteiger partial charge is 0.393 e. The first-order valence-corrected chi connectivity index (χ1v) is 14.2. The zero-order valence-electron chi connectivity index (χ0n) is 23.1. The van der Waals surface area contributed by atoms with Gasteiger partial charge in [0.15, 0.2) is 0 Å². The van der Waals surface area contributed by atoms with Crippen LogP contribution in [0.5, 0.6) is 0 Å². The van der Waals surface area contributed by atoms with Crippen molar-refractivity contribution in [3.63, 3.8) is 0 Å². The Morgan fingerprint density at radius 3 is 2.20 bits per heavy atom. The standard InChI is InChI=1S/C30H50O5/c1-26(2)22-15-24(33)30(7)20-9-8-18(17-14-19(31)25(34)27(3,4)35-16-17)28(20,5)12-10-21(30)29(22,6)13-11-23(26)32/h9,17-19,21-25,31-34H,8,10-16H2,1-7H3/t17-,18+,19-,21-,22+,23-,24-,25+,28+,29-,30+/m1/s1. The quantitative estimate of drug-likeness (QED) is 0.408. The van der Waals surface area contributed by atoms with Crippen molar-refractivity contribution in [1.29, 1.82) is 0 Å². The van der Waals surface area contributed by atoms with Gasteiger partial charge in [-0.3, -0.25) is 0 Å². The topological polar surface area (TPSA) is 90.2 Å². The van der Waals surface area contributed by atoms with Gasteiger partial charge in [-0.1, -0.05) is 46.3 Å². The first-order chi connectivity index (χ1) is 16.1. The Bertz CT molecular complexity index is 880. The molecule has 0 aromatic carbocycles. The fourth-order valence-corrected chi connectivity index (χ4v) is 10.4. The van der Waals surface area contributed by atoms with Crippen LogP contribution in [0.4, 0.5) is 0 Å². The second-order valence-corrected chi connectivity index (χ2v) is 14.9. The van der Waals surface area contributed by atoms with Gasteiger partial charge >= 0.3 is 0 Å². The number of aliphatic hydroxyl groups is 4. The molecule has 3 saturated carbocycles. The van der Waals surface area contributed by atoms with E-state index in [2.05, 4.69) is 40.7 Å². The lowest BCUT2D eigenvalue weighted by Gasteiger charge is -2.68. The molecule has 4 aliphatic carbocycles. The Hall–Kier alpha value is -0.460. The molecule has 4 N–H and O–H groups in total. The first kappa shape index (κ1) is 26.2. The lowest BCUT2D eigenvalue weighted by molar-refractivity contribution is -0.212. The van der Waals surface area contributed by atoms with E-state index in [0.717, 1.165) is 38.5 Å². The molecule has 1 heterocycles. The van der Waals surface area contributed by atoms with Gasteiger partial charge in [0.05, 0.1) is 30.5 Å². The van der Waals surface area contributed by atoms with E-state index < -0.39 is 23.9 Å². The highest BCUT2D eigenvalue weighted by Crippen LogP contribution is 2.73. The lowest BCUT2D eigenvalue weighted by atomic mass is 9.37. The number of allylic oxidation sites excluding steroid dienone is 1.